The van der Waals surface area contributed by atoms with Gasteiger partial charge in [0.05, 0.1) is 5.69 Å². The quantitative estimate of drug-likeness (QED) is 0.884. The Morgan fingerprint density at radius 1 is 1.39 bits per heavy atom. The summed E-state index contributed by atoms with van der Waals surface area (Å²) >= 11 is 0. The van der Waals surface area contributed by atoms with Crippen molar-refractivity contribution in [3.63, 3.8) is 0 Å². The summed E-state index contributed by atoms with van der Waals surface area (Å²) in [7, 11) is 0. The molecule has 1 saturated carbocycles. The van der Waals surface area contributed by atoms with Crippen molar-refractivity contribution in [2.75, 3.05) is 13.1 Å². The van der Waals surface area contributed by atoms with Crippen LogP contribution in [0, 0.1) is 11.8 Å². The van der Waals surface area contributed by atoms with Gasteiger partial charge in [-0.2, -0.15) is 5.10 Å². The van der Waals surface area contributed by atoms with Crippen LogP contribution in [0.15, 0.2) is 12.3 Å². The Morgan fingerprint density at radius 2 is 2.22 bits per heavy atom. The molecule has 1 aliphatic carbocycles. The summed E-state index contributed by atoms with van der Waals surface area (Å²) < 4.78 is 2.04. The summed E-state index contributed by atoms with van der Waals surface area (Å²) in [4.78, 5) is 2.53. The Balaban J connectivity index is 1.60. The summed E-state index contributed by atoms with van der Waals surface area (Å²) in [6, 6.07) is 3.03. The molecule has 1 aromatic rings. The van der Waals surface area contributed by atoms with Crippen LogP contribution in [-0.2, 0) is 6.54 Å². The van der Waals surface area contributed by atoms with E-state index in [-0.39, 0.29) is 0 Å². The van der Waals surface area contributed by atoms with Gasteiger partial charge < -0.3 is 5.73 Å². The minimum Gasteiger partial charge on any atom is -0.327 e. The Bertz CT molecular complexity index is 412. The van der Waals surface area contributed by atoms with Crippen LogP contribution >= 0.6 is 0 Å². The zero-order valence-electron chi connectivity index (χ0n) is 11.4. The Kier molecular flexibility index (Phi) is 3.16. The first-order valence-corrected chi connectivity index (χ1v) is 7.15. The second-order valence-corrected chi connectivity index (χ2v) is 6.24. The minimum atomic E-state index is 0.438. The average molecular weight is 248 g/mol. The SMILES string of the molecule is CC(C)n1ccc(CN2CC3CCC(N)C3C2)n1. The van der Waals surface area contributed by atoms with E-state index < -0.39 is 0 Å². The highest BCUT2D eigenvalue weighted by molar-refractivity contribution is 5.02. The summed E-state index contributed by atoms with van der Waals surface area (Å²) in [5, 5.41) is 4.63. The third-order valence-electron chi connectivity index (χ3n) is 4.57. The van der Waals surface area contributed by atoms with Crippen molar-refractivity contribution in [2.45, 2.75) is 45.3 Å². The van der Waals surface area contributed by atoms with Crippen LogP contribution in [0.1, 0.15) is 38.4 Å². The van der Waals surface area contributed by atoms with Gasteiger partial charge in [-0.25, -0.2) is 0 Å². The predicted octanol–water partition coefficient (Wildman–Crippen LogP) is 1.63. The molecule has 4 nitrogen and oxygen atoms in total. The molecule has 4 heteroatoms. The Morgan fingerprint density at radius 3 is 2.89 bits per heavy atom. The van der Waals surface area contributed by atoms with Crippen LogP contribution in [0.4, 0.5) is 0 Å². The van der Waals surface area contributed by atoms with Crippen LogP contribution in [0.2, 0.25) is 0 Å². The number of nitrogens with two attached hydrogens (primary N) is 1. The van der Waals surface area contributed by atoms with Gasteiger partial charge in [0.25, 0.3) is 0 Å². The maximum absolute atomic E-state index is 6.17. The van der Waals surface area contributed by atoms with Crippen molar-refractivity contribution >= 4 is 0 Å². The first-order valence-electron chi connectivity index (χ1n) is 7.15. The molecule has 0 spiro atoms. The van der Waals surface area contributed by atoms with Crippen LogP contribution < -0.4 is 5.73 Å². The second kappa shape index (κ2) is 4.67. The molecule has 100 valence electrons. The maximum Gasteiger partial charge on any atom is 0.0764 e. The van der Waals surface area contributed by atoms with E-state index in [2.05, 4.69) is 36.1 Å². The van der Waals surface area contributed by atoms with E-state index in [1.807, 2.05) is 4.68 Å². The summed E-state index contributed by atoms with van der Waals surface area (Å²) in [6.45, 7) is 7.69. The van der Waals surface area contributed by atoms with Crippen LogP contribution in [0.3, 0.4) is 0 Å². The van der Waals surface area contributed by atoms with Crippen molar-refractivity contribution in [1.29, 1.82) is 0 Å². The maximum atomic E-state index is 6.17. The van der Waals surface area contributed by atoms with Crippen molar-refractivity contribution in [2.24, 2.45) is 17.6 Å². The lowest BCUT2D eigenvalue weighted by Gasteiger charge is -2.17. The van der Waals surface area contributed by atoms with E-state index >= 15 is 0 Å². The number of fused-ring (bicyclic) bond motifs is 1. The zero-order chi connectivity index (χ0) is 12.7. The van der Waals surface area contributed by atoms with Gasteiger partial charge in [0.1, 0.15) is 0 Å². The summed E-state index contributed by atoms with van der Waals surface area (Å²) in [6.07, 6.45) is 4.64. The van der Waals surface area contributed by atoms with Gasteiger partial charge in [-0.15, -0.1) is 0 Å². The Labute approximate surface area is 109 Å². The number of likely N-dealkylation sites (tertiary alicyclic amines) is 1. The molecule has 0 radical (unpaired) electrons. The third kappa shape index (κ3) is 2.19. The molecule has 1 aromatic heterocycles. The number of nitrogens with zero attached hydrogens (tertiary/aromatic N) is 3. The highest BCUT2D eigenvalue weighted by Gasteiger charge is 2.40. The number of rotatable bonds is 3. The molecule has 2 heterocycles. The lowest BCUT2D eigenvalue weighted by Crippen LogP contribution is -2.30. The fourth-order valence-electron chi connectivity index (χ4n) is 3.51. The molecule has 3 unspecified atom stereocenters. The number of hydrogen-bond donors (Lipinski definition) is 1. The van der Waals surface area contributed by atoms with E-state index in [0.29, 0.717) is 12.1 Å². The molecule has 1 aliphatic heterocycles. The highest BCUT2D eigenvalue weighted by Crippen LogP contribution is 2.37. The topological polar surface area (TPSA) is 47.1 Å². The monoisotopic (exact) mass is 248 g/mol. The van der Waals surface area contributed by atoms with E-state index in [1.54, 1.807) is 0 Å². The molecule has 18 heavy (non-hydrogen) atoms. The number of hydrogen-bond acceptors (Lipinski definition) is 3. The molecule has 0 aromatic carbocycles. The highest BCUT2D eigenvalue weighted by atomic mass is 15.3. The molecule has 0 bridgehead atoms. The van der Waals surface area contributed by atoms with Gasteiger partial charge in [-0.05, 0) is 44.6 Å². The van der Waals surface area contributed by atoms with E-state index in [4.69, 9.17) is 5.73 Å². The van der Waals surface area contributed by atoms with Crippen molar-refractivity contribution < 1.29 is 0 Å². The van der Waals surface area contributed by atoms with Crippen LogP contribution in [-0.4, -0.2) is 33.8 Å². The van der Waals surface area contributed by atoms with Gasteiger partial charge in [-0.1, -0.05) is 0 Å². The van der Waals surface area contributed by atoms with Gasteiger partial charge in [0, 0.05) is 37.9 Å². The normalized spacial score (nSPS) is 32.3. The van der Waals surface area contributed by atoms with Gasteiger partial charge in [-0.3, -0.25) is 9.58 Å². The van der Waals surface area contributed by atoms with Crippen molar-refractivity contribution in [3.8, 4) is 0 Å². The second-order valence-electron chi connectivity index (χ2n) is 6.24. The molecular formula is C14H24N4. The van der Waals surface area contributed by atoms with Crippen LogP contribution in [0.5, 0.6) is 0 Å². The molecule has 2 N–H and O–H groups in total. The third-order valence-corrected chi connectivity index (χ3v) is 4.57. The van der Waals surface area contributed by atoms with Gasteiger partial charge in [0.15, 0.2) is 0 Å². The fourth-order valence-corrected chi connectivity index (χ4v) is 3.51. The largest absolute Gasteiger partial charge is 0.327 e. The van der Waals surface area contributed by atoms with Gasteiger partial charge in [0.2, 0.25) is 0 Å². The molecule has 1 saturated heterocycles. The molecule has 3 atom stereocenters. The first kappa shape index (κ1) is 12.2. The van der Waals surface area contributed by atoms with E-state index in [0.717, 1.165) is 18.4 Å². The van der Waals surface area contributed by atoms with Crippen molar-refractivity contribution in [3.05, 3.63) is 18.0 Å². The fraction of sp³-hybridized carbons (Fsp3) is 0.786. The van der Waals surface area contributed by atoms with Crippen molar-refractivity contribution in [1.82, 2.24) is 14.7 Å². The molecular weight excluding hydrogens is 224 g/mol. The predicted molar refractivity (Wildman–Crippen MR) is 72.1 cm³/mol. The molecule has 3 rings (SSSR count). The van der Waals surface area contributed by atoms with Crippen LogP contribution in [0.25, 0.3) is 0 Å². The smallest absolute Gasteiger partial charge is 0.0764 e. The molecule has 2 aliphatic rings. The average Bonchev–Trinajstić information content (AvgIpc) is 2.98. The minimum absolute atomic E-state index is 0.438. The molecule has 2 fully saturated rings. The Hall–Kier alpha value is -0.870. The first-order chi connectivity index (χ1) is 8.63. The lowest BCUT2D eigenvalue weighted by molar-refractivity contribution is 0.293. The lowest BCUT2D eigenvalue weighted by atomic mass is 9.98. The zero-order valence-corrected chi connectivity index (χ0v) is 11.4. The molecule has 0 amide bonds. The van der Waals surface area contributed by atoms with Gasteiger partial charge >= 0.3 is 0 Å². The summed E-state index contributed by atoms with van der Waals surface area (Å²) in [5.74, 6) is 1.57. The van der Waals surface area contributed by atoms with E-state index in [9.17, 15) is 0 Å². The van der Waals surface area contributed by atoms with E-state index in [1.165, 1.54) is 31.6 Å². The number of aromatic nitrogens is 2. The standard InChI is InChI=1S/C14H24N4/c1-10(2)18-6-5-12(16-18)8-17-7-11-3-4-14(15)13(11)9-17/h5-6,10-11,13-14H,3-4,7-9,15H2,1-2H3. The summed E-state index contributed by atoms with van der Waals surface area (Å²) in [5.41, 5.74) is 7.36.